The molecule has 0 fully saturated rings. The first-order valence-corrected chi connectivity index (χ1v) is 5.91. The van der Waals surface area contributed by atoms with Crippen molar-refractivity contribution >= 4 is 10.1 Å². The normalized spacial score (nSPS) is 16.4. The van der Waals surface area contributed by atoms with Crippen LogP contribution in [0.1, 0.15) is 8.30 Å². The fourth-order valence-electron chi connectivity index (χ4n) is 0.909. The average molecular weight is 248 g/mol. The summed E-state index contributed by atoms with van der Waals surface area (Å²) >= 11 is 0. The molecule has 0 aromatic heterocycles. The molecule has 0 saturated heterocycles. The molecule has 0 heterocycles. The average Bonchev–Trinajstić information content (AvgIpc) is 2.27. The lowest BCUT2D eigenvalue weighted by atomic mass is 10.2. The summed E-state index contributed by atoms with van der Waals surface area (Å²) in [5.74, 6) is 0. The van der Waals surface area contributed by atoms with Gasteiger partial charge >= 0.3 is 0 Å². The zero-order valence-corrected chi connectivity index (χ0v) is 9.44. The quantitative estimate of drug-likeness (QED) is 0.719. The summed E-state index contributed by atoms with van der Waals surface area (Å²) in [6.45, 7) is -2.07. The van der Waals surface area contributed by atoms with E-state index >= 15 is 0 Å². The van der Waals surface area contributed by atoms with E-state index in [0.717, 1.165) is 5.56 Å². The van der Waals surface area contributed by atoms with Crippen LogP contribution in [0.2, 0.25) is 0 Å². The summed E-state index contributed by atoms with van der Waals surface area (Å²) in [6.07, 6.45) is -1.95. The molecule has 0 spiro atoms. The smallest absolute Gasteiger partial charge is 0.297 e. The maximum Gasteiger partial charge on any atom is 0.297 e. The second-order valence-electron chi connectivity index (χ2n) is 3.17. The van der Waals surface area contributed by atoms with Gasteiger partial charge in [0.1, 0.15) is 6.10 Å². The van der Waals surface area contributed by atoms with E-state index in [2.05, 4.69) is 4.18 Å². The van der Waals surface area contributed by atoms with E-state index in [1.807, 2.05) is 0 Å². The Hall–Kier alpha value is -0.950. The lowest BCUT2D eigenvalue weighted by molar-refractivity contribution is 0.0557. The molecule has 0 aliphatic carbocycles. The monoisotopic (exact) mass is 248 g/mol. The van der Waals surface area contributed by atoms with Gasteiger partial charge in [-0.3, -0.25) is 4.18 Å². The molecule has 0 aliphatic rings. The van der Waals surface area contributed by atoms with Crippen molar-refractivity contribution < 1.29 is 25.6 Å². The topological polar surface area (TPSA) is 83.8 Å². The Kier molecular flexibility index (Phi) is 3.45. The van der Waals surface area contributed by atoms with Gasteiger partial charge < -0.3 is 10.2 Å². The van der Waals surface area contributed by atoms with E-state index in [1.54, 1.807) is 6.92 Å². The van der Waals surface area contributed by atoms with Gasteiger partial charge in [0, 0.05) is 0 Å². The predicted octanol–water partition coefficient (Wildman–Crippen LogP) is 0.0535. The van der Waals surface area contributed by atoms with Gasteiger partial charge in [-0.05, 0) is 19.1 Å². The van der Waals surface area contributed by atoms with Crippen molar-refractivity contribution in [2.45, 2.75) is 17.9 Å². The fourth-order valence-corrected chi connectivity index (χ4v) is 1.71. The molecule has 5 nitrogen and oxygen atoms in total. The van der Waals surface area contributed by atoms with Gasteiger partial charge in [-0.15, -0.1) is 0 Å². The van der Waals surface area contributed by atoms with Crippen LogP contribution in [-0.2, 0) is 14.3 Å². The highest BCUT2D eigenvalue weighted by molar-refractivity contribution is 7.86. The largest absolute Gasteiger partial charge is 0.394 e. The van der Waals surface area contributed by atoms with Crippen LogP contribution in [0.3, 0.4) is 0 Å². The number of aryl methyl sites for hydroxylation is 1. The molecule has 0 unspecified atom stereocenters. The number of benzene rings is 1. The highest BCUT2D eigenvalue weighted by Gasteiger charge is 2.16. The summed E-state index contributed by atoms with van der Waals surface area (Å²) in [7, 11) is -4.34. The lowest BCUT2D eigenvalue weighted by Crippen LogP contribution is -2.22. The molecule has 1 rings (SSSR count). The Morgan fingerprint density at radius 3 is 2.50 bits per heavy atom. The molecule has 1 atom stereocenters. The molecule has 1 aromatic rings. The van der Waals surface area contributed by atoms with Gasteiger partial charge in [-0.2, -0.15) is 8.42 Å². The van der Waals surface area contributed by atoms with Crippen molar-refractivity contribution in [3.8, 4) is 0 Å². The second-order valence-corrected chi connectivity index (χ2v) is 4.71. The van der Waals surface area contributed by atoms with Crippen molar-refractivity contribution in [2.75, 3.05) is 13.2 Å². The number of rotatable bonds is 5. The highest BCUT2D eigenvalue weighted by Crippen LogP contribution is 2.13. The molecule has 0 saturated carbocycles. The van der Waals surface area contributed by atoms with Crippen molar-refractivity contribution in [3.63, 3.8) is 0 Å². The van der Waals surface area contributed by atoms with Crippen molar-refractivity contribution in [2.24, 2.45) is 0 Å². The Morgan fingerprint density at radius 1 is 1.44 bits per heavy atom. The van der Waals surface area contributed by atoms with Crippen LogP contribution in [-0.4, -0.2) is 37.9 Å². The zero-order chi connectivity index (χ0) is 14.0. The third kappa shape index (κ3) is 3.57. The summed E-state index contributed by atoms with van der Waals surface area (Å²) in [6, 6.07) is 5.61. The Morgan fingerprint density at radius 2 is 2.00 bits per heavy atom. The van der Waals surface area contributed by atoms with Crippen LogP contribution in [0, 0.1) is 6.92 Å². The van der Waals surface area contributed by atoms with Gasteiger partial charge in [-0.1, -0.05) is 17.7 Å². The van der Waals surface area contributed by atoms with Gasteiger partial charge in [0.15, 0.2) is 0 Å². The van der Waals surface area contributed by atoms with Crippen molar-refractivity contribution in [1.29, 1.82) is 0 Å². The highest BCUT2D eigenvalue weighted by atomic mass is 32.2. The molecule has 2 N–H and O–H groups in total. The molecule has 0 aliphatic heterocycles. The summed E-state index contributed by atoms with van der Waals surface area (Å²) in [4.78, 5) is -0.220. The SMILES string of the molecule is [2H]C([2H])(OS(=O)(=O)c1ccc(C)cc1)[C@@H](O)CO. The van der Waals surface area contributed by atoms with Crippen molar-refractivity contribution in [1.82, 2.24) is 0 Å². The van der Waals surface area contributed by atoms with E-state index in [4.69, 9.17) is 13.0 Å². The molecule has 0 bridgehead atoms. The minimum atomic E-state index is -4.34. The van der Waals surface area contributed by atoms with Crippen LogP contribution >= 0.6 is 0 Å². The standard InChI is InChI=1S/C10H14O5S/c1-8-2-4-10(5-3-8)16(13,14)15-7-9(12)6-11/h2-5,9,11-12H,6-7H2,1H3/t9-/m0/s1/i7D2. The number of aliphatic hydroxyl groups excluding tert-OH is 2. The molecule has 0 radical (unpaired) electrons. The molecule has 0 amide bonds. The number of aliphatic hydroxyl groups is 2. The molecule has 16 heavy (non-hydrogen) atoms. The lowest BCUT2D eigenvalue weighted by Gasteiger charge is -2.08. The van der Waals surface area contributed by atoms with Crippen LogP contribution < -0.4 is 0 Å². The molecule has 1 aromatic carbocycles. The Balaban J connectivity index is 2.99. The maximum atomic E-state index is 11.7. The molecular weight excluding hydrogens is 232 g/mol. The summed E-state index contributed by atoms with van der Waals surface area (Å²) < 4.78 is 42.2. The number of hydrogen-bond donors (Lipinski definition) is 2. The maximum absolute atomic E-state index is 11.7. The van der Waals surface area contributed by atoms with Gasteiger partial charge in [0.25, 0.3) is 10.1 Å². The van der Waals surface area contributed by atoms with E-state index in [0.29, 0.717) is 0 Å². The first-order chi connectivity index (χ1) is 8.19. The minimum Gasteiger partial charge on any atom is -0.394 e. The summed E-state index contributed by atoms with van der Waals surface area (Å²) in [5.41, 5.74) is 0.840. The van der Waals surface area contributed by atoms with Crippen LogP contribution in [0.15, 0.2) is 29.2 Å². The van der Waals surface area contributed by atoms with E-state index in [9.17, 15) is 8.42 Å². The fraction of sp³-hybridized carbons (Fsp3) is 0.400. The zero-order valence-electron chi connectivity index (χ0n) is 10.6. The Bertz CT molecular complexity index is 498. The van der Waals surface area contributed by atoms with Gasteiger partial charge in [0.05, 0.1) is 20.8 Å². The van der Waals surface area contributed by atoms with E-state index in [1.165, 1.54) is 24.3 Å². The predicted molar refractivity (Wildman–Crippen MR) is 57.4 cm³/mol. The second kappa shape index (κ2) is 5.40. The van der Waals surface area contributed by atoms with Gasteiger partial charge in [0.2, 0.25) is 0 Å². The molecule has 6 heteroatoms. The first kappa shape index (κ1) is 10.2. The Labute approximate surface area is 97.2 Å². The van der Waals surface area contributed by atoms with E-state index in [-0.39, 0.29) is 4.90 Å². The minimum absolute atomic E-state index is 0.220. The summed E-state index contributed by atoms with van der Waals surface area (Å²) in [5, 5.41) is 17.7. The number of hydrogen-bond acceptors (Lipinski definition) is 5. The third-order valence-electron chi connectivity index (χ3n) is 1.78. The third-order valence-corrected chi connectivity index (χ3v) is 2.94. The van der Waals surface area contributed by atoms with Crippen LogP contribution in [0.4, 0.5) is 0 Å². The van der Waals surface area contributed by atoms with Crippen molar-refractivity contribution in [3.05, 3.63) is 29.8 Å². The van der Waals surface area contributed by atoms with E-state index < -0.39 is 29.4 Å². The molecular formula is C10H14O5S. The molecule has 90 valence electrons. The van der Waals surface area contributed by atoms with Crippen LogP contribution in [0.25, 0.3) is 0 Å². The van der Waals surface area contributed by atoms with Crippen LogP contribution in [0.5, 0.6) is 0 Å². The van der Waals surface area contributed by atoms with Gasteiger partial charge in [-0.25, -0.2) is 0 Å². The first-order valence-electron chi connectivity index (χ1n) is 5.50.